The van der Waals surface area contributed by atoms with Gasteiger partial charge in [0.05, 0.1) is 11.5 Å². The van der Waals surface area contributed by atoms with Crippen molar-refractivity contribution in [2.45, 2.75) is 19.4 Å². The highest BCUT2D eigenvalue weighted by Gasteiger charge is 2.29. The lowest BCUT2D eigenvalue weighted by atomic mass is 9.96. The first-order chi connectivity index (χ1) is 16.0. The van der Waals surface area contributed by atoms with Gasteiger partial charge in [-0.25, -0.2) is 4.98 Å². The molecule has 170 valence electrons. The third-order valence-electron chi connectivity index (χ3n) is 5.46. The zero-order chi connectivity index (χ0) is 23.2. The summed E-state index contributed by atoms with van der Waals surface area (Å²) in [6.45, 7) is 1.15. The van der Waals surface area contributed by atoms with E-state index in [1.165, 1.54) is 11.3 Å². The van der Waals surface area contributed by atoms with Gasteiger partial charge in [0.25, 0.3) is 11.8 Å². The van der Waals surface area contributed by atoms with Crippen LogP contribution < -0.4 is 15.8 Å². The fourth-order valence-corrected chi connectivity index (χ4v) is 4.33. The molecule has 1 saturated heterocycles. The number of thiazole rings is 1. The second-order valence-corrected chi connectivity index (χ2v) is 8.66. The van der Waals surface area contributed by atoms with Gasteiger partial charge < -0.3 is 20.7 Å². The summed E-state index contributed by atoms with van der Waals surface area (Å²) in [7, 11) is 0. The highest BCUT2D eigenvalue weighted by atomic mass is 32.1. The molecule has 1 aliphatic heterocycles. The van der Waals surface area contributed by atoms with Gasteiger partial charge in [0.2, 0.25) is 5.91 Å². The van der Waals surface area contributed by atoms with Gasteiger partial charge in [0.1, 0.15) is 12.4 Å². The Morgan fingerprint density at radius 2 is 2.03 bits per heavy atom. The molecule has 4 rings (SSSR count). The van der Waals surface area contributed by atoms with E-state index in [0.717, 1.165) is 18.4 Å². The number of aromatic nitrogens is 1. The van der Waals surface area contributed by atoms with E-state index in [1.54, 1.807) is 58.9 Å². The number of primary amides is 1. The Labute approximate surface area is 195 Å². The van der Waals surface area contributed by atoms with Crippen LogP contribution in [0.25, 0.3) is 0 Å². The van der Waals surface area contributed by atoms with Gasteiger partial charge in [0, 0.05) is 30.2 Å². The first kappa shape index (κ1) is 22.5. The van der Waals surface area contributed by atoms with E-state index in [1.807, 2.05) is 6.07 Å². The van der Waals surface area contributed by atoms with E-state index in [9.17, 15) is 14.4 Å². The minimum Gasteiger partial charge on any atom is -0.488 e. The van der Waals surface area contributed by atoms with Gasteiger partial charge in [-0.2, -0.15) is 0 Å². The zero-order valence-electron chi connectivity index (χ0n) is 17.9. The van der Waals surface area contributed by atoms with Crippen LogP contribution in [-0.4, -0.2) is 40.7 Å². The third-order valence-corrected chi connectivity index (χ3v) is 6.15. The Morgan fingerprint density at radius 3 is 2.82 bits per heavy atom. The molecule has 0 bridgehead atoms. The molecule has 8 nitrogen and oxygen atoms in total. The van der Waals surface area contributed by atoms with Crippen molar-refractivity contribution < 1.29 is 19.1 Å². The molecule has 0 radical (unpaired) electrons. The molecule has 3 N–H and O–H groups in total. The van der Waals surface area contributed by atoms with Gasteiger partial charge in [-0.15, -0.1) is 11.3 Å². The Morgan fingerprint density at radius 1 is 1.18 bits per heavy atom. The number of anilines is 1. The first-order valence-corrected chi connectivity index (χ1v) is 11.5. The molecule has 0 spiro atoms. The number of carbonyl (C=O) groups is 3. The molecule has 0 saturated carbocycles. The Balaban J connectivity index is 1.40. The van der Waals surface area contributed by atoms with Gasteiger partial charge >= 0.3 is 0 Å². The number of amides is 3. The summed E-state index contributed by atoms with van der Waals surface area (Å²) in [5, 5.41) is 5.19. The zero-order valence-corrected chi connectivity index (χ0v) is 18.7. The molecular weight excluding hydrogens is 440 g/mol. The maximum absolute atomic E-state index is 13.1. The Hall–Kier alpha value is -3.72. The van der Waals surface area contributed by atoms with Gasteiger partial charge in [-0.05, 0) is 42.7 Å². The number of rotatable bonds is 7. The van der Waals surface area contributed by atoms with Crippen LogP contribution in [0.15, 0.2) is 60.1 Å². The third kappa shape index (κ3) is 5.56. The van der Waals surface area contributed by atoms with Gasteiger partial charge in [0.15, 0.2) is 5.13 Å². The van der Waals surface area contributed by atoms with Crippen LogP contribution in [0.1, 0.15) is 39.1 Å². The second-order valence-electron chi connectivity index (χ2n) is 7.77. The summed E-state index contributed by atoms with van der Waals surface area (Å²) in [4.78, 5) is 43.1. The van der Waals surface area contributed by atoms with Crippen molar-refractivity contribution in [1.82, 2.24) is 9.88 Å². The molecule has 2 aromatic carbocycles. The second kappa shape index (κ2) is 10.3. The van der Waals surface area contributed by atoms with Crippen molar-refractivity contribution in [1.29, 1.82) is 0 Å². The van der Waals surface area contributed by atoms with Crippen LogP contribution >= 0.6 is 11.3 Å². The van der Waals surface area contributed by atoms with Crippen molar-refractivity contribution in [3.05, 3.63) is 76.8 Å². The molecule has 1 atom stereocenters. The molecule has 3 amide bonds. The summed E-state index contributed by atoms with van der Waals surface area (Å²) < 4.78 is 5.78. The summed E-state index contributed by atoms with van der Waals surface area (Å²) in [6.07, 6.45) is 3.13. The SMILES string of the molecule is NC(=O)c1ccccc1OCc1cccc(C(=O)N2CCCC(C(=O)Nc3nccs3)C2)c1. The van der Waals surface area contributed by atoms with Gasteiger partial charge in [-0.1, -0.05) is 24.3 Å². The molecule has 1 aliphatic rings. The van der Waals surface area contributed by atoms with Crippen LogP contribution in [0.3, 0.4) is 0 Å². The number of nitrogens with two attached hydrogens (primary N) is 1. The van der Waals surface area contributed by atoms with Crippen molar-refractivity contribution in [3.8, 4) is 5.75 Å². The molecule has 33 heavy (non-hydrogen) atoms. The number of piperidine rings is 1. The molecule has 1 unspecified atom stereocenters. The number of hydrogen-bond acceptors (Lipinski definition) is 6. The fourth-order valence-electron chi connectivity index (χ4n) is 3.80. The van der Waals surface area contributed by atoms with Crippen molar-refractivity contribution in [3.63, 3.8) is 0 Å². The molecule has 3 aromatic rings. The van der Waals surface area contributed by atoms with Crippen LogP contribution in [0.5, 0.6) is 5.75 Å². The number of nitrogens with zero attached hydrogens (tertiary/aromatic N) is 2. The van der Waals surface area contributed by atoms with Crippen molar-refractivity contribution >= 4 is 34.2 Å². The largest absolute Gasteiger partial charge is 0.488 e. The van der Waals surface area contributed by atoms with E-state index >= 15 is 0 Å². The molecule has 1 fully saturated rings. The highest BCUT2D eigenvalue weighted by molar-refractivity contribution is 7.13. The highest BCUT2D eigenvalue weighted by Crippen LogP contribution is 2.23. The quantitative estimate of drug-likeness (QED) is 0.557. The van der Waals surface area contributed by atoms with E-state index in [2.05, 4.69) is 10.3 Å². The van der Waals surface area contributed by atoms with E-state index in [-0.39, 0.29) is 24.3 Å². The summed E-state index contributed by atoms with van der Waals surface area (Å²) >= 11 is 1.37. The van der Waals surface area contributed by atoms with Gasteiger partial charge in [-0.3, -0.25) is 14.4 Å². The van der Waals surface area contributed by atoms with Crippen molar-refractivity contribution in [2.75, 3.05) is 18.4 Å². The number of nitrogens with one attached hydrogen (secondary N) is 1. The van der Waals surface area contributed by atoms with E-state index in [4.69, 9.17) is 10.5 Å². The van der Waals surface area contributed by atoms with Crippen LogP contribution in [0.2, 0.25) is 0 Å². The fraction of sp³-hybridized carbons (Fsp3) is 0.250. The predicted octanol–water partition coefficient (Wildman–Crippen LogP) is 3.31. The summed E-state index contributed by atoms with van der Waals surface area (Å²) in [5.41, 5.74) is 7.02. The average molecular weight is 465 g/mol. The maximum Gasteiger partial charge on any atom is 0.253 e. The number of para-hydroxylation sites is 1. The first-order valence-electron chi connectivity index (χ1n) is 10.6. The molecule has 2 heterocycles. The van der Waals surface area contributed by atoms with Crippen LogP contribution in [-0.2, 0) is 11.4 Å². The van der Waals surface area contributed by atoms with E-state index in [0.29, 0.717) is 35.1 Å². The number of ether oxygens (including phenoxy) is 1. The smallest absolute Gasteiger partial charge is 0.253 e. The number of carbonyl (C=O) groups excluding carboxylic acids is 3. The average Bonchev–Trinajstić information content (AvgIpc) is 3.35. The topological polar surface area (TPSA) is 115 Å². The molecule has 9 heteroatoms. The minimum atomic E-state index is -0.562. The van der Waals surface area contributed by atoms with E-state index < -0.39 is 5.91 Å². The summed E-state index contributed by atoms with van der Waals surface area (Å²) in [6, 6.07) is 13.9. The molecule has 0 aliphatic carbocycles. The van der Waals surface area contributed by atoms with Crippen LogP contribution in [0.4, 0.5) is 5.13 Å². The number of hydrogen-bond donors (Lipinski definition) is 2. The number of likely N-dealkylation sites (tertiary alicyclic amines) is 1. The lowest BCUT2D eigenvalue weighted by Gasteiger charge is -2.32. The lowest BCUT2D eigenvalue weighted by Crippen LogP contribution is -2.43. The Bertz CT molecular complexity index is 1150. The van der Waals surface area contributed by atoms with Crippen LogP contribution in [0, 0.1) is 5.92 Å². The monoisotopic (exact) mass is 464 g/mol. The minimum absolute atomic E-state index is 0.113. The standard InChI is InChI=1S/C24H24N4O4S/c25-21(29)19-8-1-2-9-20(19)32-15-16-5-3-6-17(13-16)23(31)28-11-4-7-18(14-28)22(30)27-24-26-10-12-33-24/h1-3,5-6,8-10,12-13,18H,4,7,11,14-15H2,(H2,25,29)(H,26,27,30). The Kier molecular flexibility index (Phi) is 6.99. The normalized spacial score (nSPS) is 15.6. The molecular formula is C24H24N4O4S. The van der Waals surface area contributed by atoms with Crippen molar-refractivity contribution in [2.24, 2.45) is 11.7 Å². The number of benzene rings is 2. The predicted molar refractivity (Wildman–Crippen MR) is 125 cm³/mol. The maximum atomic E-state index is 13.1. The lowest BCUT2D eigenvalue weighted by molar-refractivity contribution is -0.121. The summed E-state index contributed by atoms with van der Waals surface area (Å²) in [5.74, 6) is -0.679. The molecule has 1 aromatic heterocycles.